The third-order valence-corrected chi connectivity index (χ3v) is 3.31. The fraction of sp³-hybridized carbons (Fsp3) is 0.235. The van der Waals surface area contributed by atoms with Gasteiger partial charge in [0.1, 0.15) is 6.04 Å². The maximum atomic E-state index is 11.2. The minimum Gasteiger partial charge on any atom is -0.468 e. The molecule has 104 valence electrons. The molecule has 2 N–H and O–H groups in total. The summed E-state index contributed by atoms with van der Waals surface area (Å²) in [6.07, 6.45) is 1.36. The van der Waals surface area contributed by atoms with Crippen LogP contribution in [-0.2, 0) is 16.0 Å². The van der Waals surface area contributed by atoms with E-state index in [0.29, 0.717) is 6.42 Å². The molecule has 0 aromatic heterocycles. The fourth-order valence-electron chi connectivity index (χ4n) is 2.09. The average molecular weight is 269 g/mol. The predicted molar refractivity (Wildman–Crippen MR) is 80.2 cm³/mol. The third-order valence-electron chi connectivity index (χ3n) is 3.31. The first kappa shape index (κ1) is 14.3. The van der Waals surface area contributed by atoms with E-state index in [1.807, 2.05) is 18.2 Å². The Bertz CT molecular complexity index is 549. The first-order valence-corrected chi connectivity index (χ1v) is 6.68. The first-order valence-electron chi connectivity index (χ1n) is 6.68. The van der Waals surface area contributed by atoms with Gasteiger partial charge in [-0.15, -0.1) is 0 Å². The van der Waals surface area contributed by atoms with Gasteiger partial charge in [-0.3, -0.25) is 4.79 Å². The number of esters is 1. The highest BCUT2D eigenvalue weighted by atomic mass is 16.5. The Morgan fingerprint density at radius 2 is 1.65 bits per heavy atom. The molecule has 3 heteroatoms. The molecule has 20 heavy (non-hydrogen) atoms. The maximum Gasteiger partial charge on any atom is 0.322 e. The van der Waals surface area contributed by atoms with Crippen LogP contribution >= 0.6 is 0 Å². The lowest BCUT2D eigenvalue weighted by molar-refractivity contribution is -0.142. The van der Waals surface area contributed by atoms with Gasteiger partial charge in [0.15, 0.2) is 0 Å². The van der Waals surface area contributed by atoms with E-state index in [1.54, 1.807) is 0 Å². The van der Waals surface area contributed by atoms with E-state index < -0.39 is 6.04 Å². The molecule has 0 bridgehead atoms. The summed E-state index contributed by atoms with van der Waals surface area (Å²) < 4.78 is 4.61. The summed E-state index contributed by atoms with van der Waals surface area (Å²) in [6.45, 7) is 0. The van der Waals surface area contributed by atoms with Crippen LogP contribution in [0.25, 0.3) is 11.1 Å². The first-order chi connectivity index (χ1) is 9.70. The van der Waals surface area contributed by atoms with Gasteiger partial charge in [-0.05, 0) is 29.5 Å². The van der Waals surface area contributed by atoms with Crippen molar-refractivity contribution in [3.63, 3.8) is 0 Å². The van der Waals surface area contributed by atoms with Gasteiger partial charge < -0.3 is 10.5 Å². The molecule has 0 radical (unpaired) electrons. The zero-order valence-electron chi connectivity index (χ0n) is 11.6. The fourth-order valence-corrected chi connectivity index (χ4v) is 2.09. The molecule has 0 spiro atoms. The molecule has 2 aromatic rings. The van der Waals surface area contributed by atoms with Crippen molar-refractivity contribution in [2.24, 2.45) is 5.73 Å². The van der Waals surface area contributed by atoms with Gasteiger partial charge in [0, 0.05) is 0 Å². The van der Waals surface area contributed by atoms with Crippen LogP contribution in [-0.4, -0.2) is 19.1 Å². The smallest absolute Gasteiger partial charge is 0.322 e. The minimum absolute atomic E-state index is 0.356. The molecule has 3 nitrogen and oxygen atoms in total. The van der Waals surface area contributed by atoms with Crippen molar-refractivity contribution in [2.45, 2.75) is 18.9 Å². The summed E-state index contributed by atoms with van der Waals surface area (Å²) >= 11 is 0. The van der Waals surface area contributed by atoms with Crippen molar-refractivity contribution in [1.82, 2.24) is 0 Å². The summed E-state index contributed by atoms with van der Waals surface area (Å²) in [5, 5.41) is 0. The van der Waals surface area contributed by atoms with Gasteiger partial charge >= 0.3 is 5.97 Å². The Kier molecular flexibility index (Phi) is 4.91. The number of methoxy groups -OCH3 is 1. The van der Waals surface area contributed by atoms with Crippen LogP contribution in [0.4, 0.5) is 0 Å². The molecule has 2 aromatic carbocycles. The Hall–Kier alpha value is -2.13. The quantitative estimate of drug-likeness (QED) is 0.849. The van der Waals surface area contributed by atoms with Crippen molar-refractivity contribution in [3.8, 4) is 11.1 Å². The molecule has 1 unspecified atom stereocenters. The zero-order chi connectivity index (χ0) is 14.4. The van der Waals surface area contributed by atoms with Crippen LogP contribution < -0.4 is 5.73 Å². The Morgan fingerprint density at radius 1 is 1.05 bits per heavy atom. The monoisotopic (exact) mass is 269 g/mol. The summed E-state index contributed by atoms with van der Waals surface area (Å²) in [5.74, 6) is -0.356. The second kappa shape index (κ2) is 6.87. The van der Waals surface area contributed by atoms with Crippen molar-refractivity contribution in [1.29, 1.82) is 0 Å². The van der Waals surface area contributed by atoms with Gasteiger partial charge in [0.05, 0.1) is 7.11 Å². The molecule has 2 rings (SSSR count). The largest absolute Gasteiger partial charge is 0.468 e. The number of hydrogen-bond donors (Lipinski definition) is 1. The molecule has 0 heterocycles. The molecule has 0 fully saturated rings. The average Bonchev–Trinajstić information content (AvgIpc) is 2.53. The maximum absolute atomic E-state index is 11.2. The zero-order valence-corrected chi connectivity index (χ0v) is 11.6. The second-order valence-electron chi connectivity index (χ2n) is 4.73. The summed E-state index contributed by atoms with van der Waals surface area (Å²) in [4.78, 5) is 11.2. The van der Waals surface area contributed by atoms with Crippen LogP contribution in [0.3, 0.4) is 0 Å². The van der Waals surface area contributed by atoms with Crippen molar-refractivity contribution >= 4 is 5.97 Å². The lowest BCUT2D eigenvalue weighted by Crippen LogP contribution is -2.31. The van der Waals surface area contributed by atoms with E-state index in [0.717, 1.165) is 6.42 Å². The minimum atomic E-state index is -0.547. The highest BCUT2D eigenvalue weighted by molar-refractivity contribution is 5.75. The van der Waals surface area contributed by atoms with Crippen LogP contribution in [0.5, 0.6) is 0 Å². The van der Waals surface area contributed by atoms with Gasteiger partial charge in [-0.1, -0.05) is 54.6 Å². The summed E-state index contributed by atoms with van der Waals surface area (Å²) in [7, 11) is 1.36. The lowest BCUT2D eigenvalue weighted by atomic mass is 10.0. The van der Waals surface area contributed by atoms with E-state index in [-0.39, 0.29) is 5.97 Å². The topological polar surface area (TPSA) is 52.3 Å². The highest BCUT2D eigenvalue weighted by Gasteiger charge is 2.13. The van der Waals surface area contributed by atoms with Gasteiger partial charge in [0.2, 0.25) is 0 Å². The van der Waals surface area contributed by atoms with Crippen molar-refractivity contribution in [3.05, 3.63) is 60.2 Å². The lowest BCUT2D eigenvalue weighted by Gasteiger charge is -2.09. The molecule has 0 saturated carbocycles. The normalized spacial score (nSPS) is 11.9. The number of hydrogen-bond acceptors (Lipinski definition) is 3. The second-order valence-corrected chi connectivity index (χ2v) is 4.73. The SMILES string of the molecule is COC(=O)C(N)CCc1ccc(-c2ccccc2)cc1. The van der Waals surface area contributed by atoms with Gasteiger partial charge in [-0.25, -0.2) is 0 Å². The number of carbonyl (C=O) groups is 1. The Labute approximate surface area is 119 Å². The summed E-state index contributed by atoms with van der Waals surface area (Å²) in [5.41, 5.74) is 9.28. The van der Waals surface area contributed by atoms with Crippen LogP contribution in [0.15, 0.2) is 54.6 Å². The Balaban J connectivity index is 1.97. The van der Waals surface area contributed by atoms with Crippen LogP contribution in [0.1, 0.15) is 12.0 Å². The number of benzene rings is 2. The number of nitrogens with two attached hydrogens (primary N) is 1. The molecule has 1 atom stereocenters. The number of carbonyl (C=O) groups excluding carboxylic acids is 1. The predicted octanol–water partition coefficient (Wildman–Crippen LogP) is 2.79. The highest BCUT2D eigenvalue weighted by Crippen LogP contribution is 2.19. The van der Waals surface area contributed by atoms with Gasteiger partial charge in [-0.2, -0.15) is 0 Å². The Morgan fingerprint density at radius 3 is 2.25 bits per heavy atom. The summed E-state index contributed by atoms with van der Waals surface area (Å²) in [6, 6.07) is 18.0. The molecular formula is C17H19NO2. The molecule has 0 aliphatic carbocycles. The van der Waals surface area contributed by atoms with Crippen LogP contribution in [0.2, 0.25) is 0 Å². The number of aryl methyl sites for hydroxylation is 1. The molecule has 0 aliphatic heterocycles. The van der Waals surface area contributed by atoms with E-state index in [1.165, 1.54) is 23.8 Å². The molecule has 0 amide bonds. The van der Waals surface area contributed by atoms with E-state index in [2.05, 4.69) is 41.1 Å². The number of rotatable bonds is 5. The molecular weight excluding hydrogens is 250 g/mol. The van der Waals surface area contributed by atoms with Crippen LogP contribution in [0, 0.1) is 0 Å². The molecule has 0 saturated heterocycles. The van der Waals surface area contributed by atoms with E-state index in [9.17, 15) is 4.79 Å². The third kappa shape index (κ3) is 3.68. The number of ether oxygens (including phenoxy) is 1. The molecule has 0 aliphatic rings. The van der Waals surface area contributed by atoms with E-state index in [4.69, 9.17) is 5.73 Å². The standard InChI is InChI=1S/C17H19NO2/c1-20-17(19)16(18)12-9-13-7-10-15(11-8-13)14-5-3-2-4-6-14/h2-8,10-11,16H,9,12,18H2,1H3. The van der Waals surface area contributed by atoms with E-state index >= 15 is 0 Å². The van der Waals surface area contributed by atoms with Gasteiger partial charge in [0.25, 0.3) is 0 Å². The van der Waals surface area contributed by atoms with Crippen molar-refractivity contribution in [2.75, 3.05) is 7.11 Å². The van der Waals surface area contributed by atoms with Crippen molar-refractivity contribution < 1.29 is 9.53 Å².